The first-order valence-electron chi connectivity index (χ1n) is 7.94. The van der Waals surface area contributed by atoms with Crippen LogP contribution in [0.5, 0.6) is 0 Å². The number of hydrogen-bond acceptors (Lipinski definition) is 4. The Bertz CT molecular complexity index is 961. The lowest BCUT2D eigenvalue weighted by Crippen LogP contribution is -2.37. The van der Waals surface area contributed by atoms with Crippen molar-refractivity contribution in [1.29, 1.82) is 0 Å². The van der Waals surface area contributed by atoms with Crippen LogP contribution in [0.2, 0.25) is 0 Å². The highest BCUT2D eigenvalue weighted by Crippen LogP contribution is 2.16. The second-order valence-corrected chi connectivity index (χ2v) is 5.98. The van der Waals surface area contributed by atoms with Crippen molar-refractivity contribution >= 4 is 11.7 Å². The van der Waals surface area contributed by atoms with Gasteiger partial charge >= 0.3 is 0 Å². The largest absolute Gasteiger partial charge is 0.338 e. The van der Waals surface area contributed by atoms with Gasteiger partial charge in [0.25, 0.3) is 17.2 Å². The number of amides is 1. The molecule has 3 aromatic rings. The van der Waals surface area contributed by atoms with Gasteiger partial charge in [-0.3, -0.25) is 14.7 Å². The number of carbonyl (C=O) groups is 1. The molecule has 2 aromatic heterocycles. The van der Waals surface area contributed by atoms with Crippen LogP contribution in [-0.4, -0.2) is 43.5 Å². The van der Waals surface area contributed by atoms with Gasteiger partial charge in [0.2, 0.25) is 0 Å². The van der Waals surface area contributed by atoms with Gasteiger partial charge in [0.05, 0.1) is 0 Å². The number of hydrogen-bond donors (Lipinski definition) is 1. The lowest BCUT2D eigenvalue weighted by Gasteiger charge is -2.19. The quantitative estimate of drug-likeness (QED) is 0.723. The molecule has 0 saturated heterocycles. The summed E-state index contributed by atoms with van der Waals surface area (Å²) in [5.74, 6) is 0.578. The fourth-order valence-corrected chi connectivity index (χ4v) is 3.15. The van der Waals surface area contributed by atoms with Gasteiger partial charge in [-0.15, -0.1) is 0 Å². The molecule has 7 heteroatoms. The van der Waals surface area contributed by atoms with Crippen LogP contribution in [0.15, 0.2) is 35.3 Å². The number of H-pyrrole nitrogens is 1. The molecule has 0 bridgehead atoms. The molecule has 4 rings (SSSR count). The van der Waals surface area contributed by atoms with Crippen molar-refractivity contribution in [2.24, 2.45) is 0 Å². The number of aryl methyl sites for hydroxylation is 1. The van der Waals surface area contributed by atoms with Crippen LogP contribution in [0.1, 0.15) is 27.3 Å². The molecular formula is C17H17N5O2. The molecule has 0 unspecified atom stereocenters. The molecule has 1 N–H and O–H groups in total. The summed E-state index contributed by atoms with van der Waals surface area (Å²) in [6, 6.07) is 8.22. The zero-order valence-electron chi connectivity index (χ0n) is 13.3. The van der Waals surface area contributed by atoms with E-state index in [1.54, 1.807) is 11.8 Å². The summed E-state index contributed by atoms with van der Waals surface area (Å²) in [6.45, 7) is 2.93. The number of benzene rings is 1. The Morgan fingerprint density at radius 3 is 2.50 bits per heavy atom. The van der Waals surface area contributed by atoms with E-state index in [2.05, 4.69) is 27.2 Å². The number of nitrogens with one attached hydrogen (secondary N) is 1. The minimum Gasteiger partial charge on any atom is -0.338 e. The predicted molar refractivity (Wildman–Crippen MR) is 88.1 cm³/mol. The molecular weight excluding hydrogens is 306 g/mol. The second kappa shape index (κ2) is 5.59. The van der Waals surface area contributed by atoms with Crippen LogP contribution >= 0.6 is 0 Å². The Kier molecular flexibility index (Phi) is 3.41. The molecule has 0 spiro atoms. The maximum atomic E-state index is 12.8. The van der Waals surface area contributed by atoms with E-state index in [1.807, 2.05) is 12.1 Å². The molecule has 1 aromatic carbocycles. The number of fused-ring (bicyclic) bond motifs is 2. The number of aromatic nitrogens is 4. The van der Waals surface area contributed by atoms with Crippen molar-refractivity contribution in [3.63, 3.8) is 0 Å². The average molecular weight is 323 g/mol. The van der Waals surface area contributed by atoms with Crippen LogP contribution in [0, 0.1) is 6.92 Å². The summed E-state index contributed by atoms with van der Waals surface area (Å²) in [6.07, 6.45) is 2.92. The molecule has 24 heavy (non-hydrogen) atoms. The van der Waals surface area contributed by atoms with E-state index in [4.69, 9.17) is 0 Å². The van der Waals surface area contributed by atoms with Gasteiger partial charge in [-0.2, -0.15) is 9.50 Å². The van der Waals surface area contributed by atoms with E-state index < -0.39 is 5.56 Å². The van der Waals surface area contributed by atoms with E-state index in [0.717, 1.165) is 12.8 Å². The Morgan fingerprint density at radius 2 is 1.83 bits per heavy atom. The van der Waals surface area contributed by atoms with Crippen molar-refractivity contribution in [1.82, 2.24) is 24.5 Å². The van der Waals surface area contributed by atoms with Gasteiger partial charge in [0, 0.05) is 19.3 Å². The minimum atomic E-state index is -0.410. The van der Waals surface area contributed by atoms with Crippen LogP contribution < -0.4 is 5.56 Å². The molecule has 1 amide bonds. The lowest BCUT2D eigenvalue weighted by atomic mass is 10.0. The third-order valence-electron chi connectivity index (χ3n) is 4.42. The highest BCUT2D eigenvalue weighted by atomic mass is 16.2. The molecule has 0 aliphatic carbocycles. The monoisotopic (exact) mass is 323 g/mol. The standard InChI is InChI=1S/C17H17N5O2/c1-11-19-17-18-10-14(16(24)22(17)20-11)15(23)21-8-6-12-4-2-3-5-13(12)7-9-21/h2-5,10H,6-9H2,1H3,(H,18,19,20). The highest BCUT2D eigenvalue weighted by Gasteiger charge is 2.23. The Hall–Kier alpha value is -2.96. The van der Waals surface area contributed by atoms with E-state index in [1.165, 1.54) is 21.8 Å². The Labute approximate surface area is 138 Å². The highest BCUT2D eigenvalue weighted by molar-refractivity contribution is 5.93. The Morgan fingerprint density at radius 1 is 1.17 bits per heavy atom. The summed E-state index contributed by atoms with van der Waals surface area (Å²) in [5.41, 5.74) is 2.19. The first-order chi connectivity index (χ1) is 11.6. The second-order valence-electron chi connectivity index (χ2n) is 5.98. The van der Waals surface area contributed by atoms with Crippen LogP contribution in [-0.2, 0) is 12.8 Å². The van der Waals surface area contributed by atoms with Crippen molar-refractivity contribution in [3.05, 3.63) is 63.3 Å². The first-order valence-corrected chi connectivity index (χ1v) is 7.94. The smallest absolute Gasteiger partial charge is 0.286 e. The van der Waals surface area contributed by atoms with Crippen molar-refractivity contribution in [2.75, 3.05) is 13.1 Å². The minimum absolute atomic E-state index is 0.0714. The molecule has 3 heterocycles. The number of carbonyl (C=O) groups excluding carboxylic acids is 1. The van der Waals surface area contributed by atoms with Crippen LogP contribution in [0.3, 0.4) is 0 Å². The molecule has 0 saturated carbocycles. The molecule has 0 fully saturated rings. The molecule has 1 aliphatic heterocycles. The van der Waals surface area contributed by atoms with Crippen LogP contribution in [0.25, 0.3) is 5.78 Å². The van der Waals surface area contributed by atoms with Crippen molar-refractivity contribution in [2.45, 2.75) is 19.8 Å². The average Bonchev–Trinajstić information content (AvgIpc) is 2.84. The fraction of sp³-hybridized carbons (Fsp3) is 0.294. The van der Waals surface area contributed by atoms with Gasteiger partial charge < -0.3 is 4.90 Å². The summed E-state index contributed by atoms with van der Waals surface area (Å²) in [4.78, 5) is 35.3. The zero-order chi connectivity index (χ0) is 16.7. The van der Waals surface area contributed by atoms with Gasteiger partial charge in [-0.1, -0.05) is 24.3 Å². The molecule has 0 radical (unpaired) electrons. The van der Waals surface area contributed by atoms with E-state index in [9.17, 15) is 9.59 Å². The van der Waals surface area contributed by atoms with Crippen molar-refractivity contribution < 1.29 is 4.79 Å². The normalized spacial score (nSPS) is 14.5. The zero-order valence-corrected chi connectivity index (χ0v) is 13.3. The topological polar surface area (TPSA) is 83.4 Å². The summed E-state index contributed by atoms with van der Waals surface area (Å²) in [5, 5.41) is 2.81. The fourth-order valence-electron chi connectivity index (χ4n) is 3.15. The maximum absolute atomic E-state index is 12.8. The summed E-state index contributed by atoms with van der Waals surface area (Å²) >= 11 is 0. The lowest BCUT2D eigenvalue weighted by molar-refractivity contribution is 0.0760. The van der Waals surface area contributed by atoms with Crippen molar-refractivity contribution in [3.8, 4) is 0 Å². The predicted octanol–water partition coefficient (Wildman–Crippen LogP) is 0.967. The molecule has 1 aliphatic rings. The van der Waals surface area contributed by atoms with E-state index >= 15 is 0 Å². The summed E-state index contributed by atoms with van der Waals surface area (Å²) < 4.78 is 1.22. The third kappa shape index (κ3) is 2.38. The SMILES string of the molecule is Cc1nc2ncc(C(=O)N3CCc4ccccc4CC3)c(=O)n2[nH]1. The Balaban J connectivity index is 1.65. The van der Waals surface area contributed by atoms with Gasteiger partial charge in [0.1, 0.15) is 11.4 Å². The van der Waals surface area contributed by atoms with Gasteiger partial charge in [-0.25, -0.2) is 4.98 Å². The van der Waals surface area contributed by atoms with Crippen LogP contribution in [0.4, 0.5) is 0 Å². The number of rotatable bonds is 1. The molecule has 0 atom stereocenters. The van der Waals surface area contributed by atoms with Gasteiger partial charge in [-0.05, 0) is 30.9 Å². The molecule has 7 nitrogen and oxygen atoms in total. The third-order valence-corrected chi connectivity index (χ3v) is 4.42. The number of aromatic amines is 1. The van der Waals surface area contributed by atoms with E-state index in [-0.39, 0.29) is 17.2 Å². The number of nitrogens with zero attached hydrogens (tertiary/aromatic N) is 4. The van der Waals surface area contributed by atoms with Gasteiger partial charge in [0.15, 0.2) is 0 Å². The van der Waals surface area contributed by atoms with E-state index in [0.29, 0.717) is 18.9 Å². The molecule has 122 valence electrons. The first kappa shape index (κ1) is 14.6. The maximum Gasteiger partial charge on any atom is 0.286 e. The summed E-state index contributed by atoms with van der Waals surface area (Å²) in [7, 11) is 0.